The minimum atomic E-state index is -0.349. The quantitative estimate of drug-likeness (QED) is 0.657. The molecule has 2 N–H and O–H groups in total. The predicted octanol–water partition coefficient (Wildman–Crippen LogP) is 3.64. The van der Waals surface area contributed by atoms with E-state index >= 15 is 0 Å². The zero-order valence-electron chi connectivity index (χ0n) is 13.4. The van der Waals surface area contributed by atoms with Crippen molar-refractivity contribution in [2.45, 2.75) is 6.92 Å². The Morgan fingerprint density at radius 2 is 1.84 bits per heavy atom. The third kappa shape index (κ3) is 3.77. The van der Waals surface area contributed by atoms with Crippen molar-refractivity contribution in [2.75, 3.05) is 5.32 Å². The molecular weight excluding hydrogens is 384 g/mol. The minimum absolute atomic E-state index is 0.134. The summed E-state index contributed by atoms with van der Waals surface area (Å²) in [6, 6.07) is 16.6. The Kier molecular flexibility index (Phi) is 4.95. The zero-order chi connectivity index (χ0) is 17.8. The predicted molar refractivity (Wildman–Crippen MR) is 102 cm³/mol. The molecule has 3 aromatic rings. The Bertz CT molecular complexity index is 990. The van der Waals surface area contributed by atoms with Gasteiger partial charge >= 0.3 is 0 Å². The van der Waals surface area contributed by atoms with E-state index in [0.717, 1.165) is 10.0 Å². The van der Waals surface area contributed by atoms with E-state index in [9.17, 15) is 9.59 Å². The maximum Gasteiger partial charge on any atom is 0.299 e. The first-order valence-corrected chi connectivity index (χ1v) is 8.32. The molecule has 6 nitrogen and oxygen atoms in total. The second-order valence-corrected chi connectivity index (χ2v) is 6.13. The van der Waals surface area contributed by atoms with Crippen LogP contribution in [0.4, 0.5) is 11.5 Å². The summed E-state index contributed by atoms with van der Waals surface area (Å²) in [5.41, 5.74) is 1.26. The molecule has 0 radical (unpaired) electrons. The van der Waals surface area contributed by atoms with E-state index in [0.29, 0.717) is 5.69 Å². The number of rotatable bonds is 4. The highest BCUT2D eigenvalue weighted by Gasteiger charge is 2.15. The zero-order valence-corrected chi connectivity index (χ0v) is 14.9. The Labute approximate surface area is 152 Å². The number of amides is 1. The van der Waals surface area contributed by atoms with E-state index in [1.54, 1.807) is 18.3 Å². The average Bonchev–Trinajstić information content (AvgIpc) is 2.90. The van der Waals surface area contributed by atoms with Crippen LogP contribution in [0, 0.1) is 0 Å². The van der Waals surface area contributed by atoms with Crippen molar-refractivity contribution in [2.24, 2.45) is 4.99 Å². The number of halogens is 1. The summed E-state index contributed by atoms with van der Waals surface area (Å²) in [7, 11) is 0. The van der Waals surface area contributed by atoms with Crippen LogP contribution in [-0.4, -0.2) is 21.9 Å². The SMILES string of the molecule is CC(=O)Nc1[nH]n(-c2ccccc2)c(=O)c1N=Cc1ccccc1Br. The van der Waals surface area contributed by atoms with Crippen molar-refractivity contribution >= 4 is 39.6 Å². The fraction of sp³-hybridized carbons (Fsp3) is 0.0556. The van der Waals surface area contributed by atoms with E-state index in [1.165, 1.54) is 11.6 Å². The van der Waals surface area contributed by atoms with Gasteiger partial charge in [0.05, 0.1) is 5.69 Å². The van der Waals surface area contributed by atoms with Crippen molar-refractivity contribution in [3.63, 3.8) is 0 Å². The van der Waals surface area contributed by atoms with Crippen molar-refractivity contribution in [3.8, 4) is 5.69 Å². The summed E-state index contributed by atoms with van der Waals surface area (Å²) in [6.45, 7) is 1.37. The maximum absolute atomic E-state index is 12.7. The number of hydrogen-bond donors (Lipinski definition) is 2. The lowest BCUT2D eigenvalue weighted by atomic mass is 10.2. The Morgan fingerprint density at radius 3 is 2.52 bits per heavy atom. The summed E-state index contributed by atoms with van der Waals surface area (Å²) in [6.07, 6.45) is 1.58. The topological polar surface area (TPSA) is 79.2 Å². The molecule has 1 aromatic heterocycles. The molecule has 0 bridgehead atoms. The first-order valence-electron chi connectivity index (χ1n) is 7.53. The molecule has 0 aliphatic carbocycles. The second-order valence-electron chi connectivity index (χ2n) is 5.27. The van der Waals surface area contributed by atoms with Gasteiger partial charge in [-0.1, -0.05) is 52.3 Å². The summed E-state index contributed by atoms with van der Waals surface area (Å²) >= 11 is 3.44. The number of anilines is 1. The first kappa shape index (κ1) is 16.9. The van der Waals surface area contributed by atoms with Gasteiger partial charge in [-0.25, -0.2) is 9.67 Å². The van der Waals surface area contributed by atoms with Crippen molar-refractivity contribution < 1.29 is 4.79 Å². The molecule has 0 atom stereocenters. The van der Waals surface area contributed by atoms with Crippen LogP contribution in [0.5, 0.6) is 0 Å². The Balaban J connectivity index is 2.08. The number of H-pyrrole nitrogens is 1. The highest BCUT2D eigenvalue weighted by Crippen LogP contribution is 2.21. The molecule has 0 aliphatic heterocycles. The van der Waals surface area contributed by atoms with E-state index in [2.05, 4.69) is 31.3 Å². The van der Waals surface area contributed by atoms with Gasteiger partial charge in [-0.05, 0) is 18.2 Å². The molecule has 126 valence electrons. The average molecular weight is 399 g/mol. The second kappa shape index (κ2) is 7.31. The largest absolute Gasteiger partial charge is 0.309 e. The molecule has 0 spiro atoms. The molecule has 3 rings (SSSR count). The fourth-order valence-electron chi connectivity index (χ4n) is 2.28. The third-order valence-corrected chi connectivity index (χ3v) is 4.14. The smallest absolute Gasteiger partial charge is 0.299 e. The monoisotopic (exact) mass is 398 g/mol. The number of nitrogens with zero attached hydrogens (tertiary/aromatic N) is 2. The minimum Gasteiger partial charge on any atom is -0.309 e. The van der Waals surface area contributed by atoms with Crippen LogP contribution in [0.2, 0.25) is 0 Å². The van der Waals surface area contributed by atoms with Gasteiger partial charge in [0.15, 0.2) is 11.5 Å². The molecular formula is C18H15BrN4O2. The lowest BCUT2D eigenvalue weighted by Gasteiger charge is -2.01. The van der Waals surface area contributed by atoms with Crippen molar-refractivity contribution in [1.82, 2.24) is 9.78 Å². The number of carbonyl (C=O) groups excluding carboxylic acids is 1. The van der Waals surface area contributed by atoms with Crippen molar-refractivity contribution in [1.29, 1.82) is 0 Å². The number of aromatic amines is 1. The normalized spacial score (nSPS) is 11.0. The van der Waals surface area contributed by atoms with Crippen LogP contribution < -0.4 is 10.9 Å². The molecule has 0 aliphatic rings. The van der Waals surface area contributed by atoms with E-state index in [1.807, 2.05) is 42.5 Å². The standard InChI is InChI=1S/C18H15BrN4O2/c1-12(24)21-17-16(20-11-13-7-5-6-10-15(13)19)18(25)23(22-17)14-8-3-2-4-9-14/h2-11,22H,1H3,(H,21,24). The van der Waals surface area contributed by atoms with Gasteiger partial charge in [-0.3, -0.25) is 14.7 Å². The van der Waals surface area contributed by atoms with Gasteiger partial charge in [0, 0.05) is 23.2 Å². The molecule has 1 heterocycles. The molecule has 7 heteroatoms. The van der Waals surface area contributed by atoms with Gasteiger partial charge in [-0.15, -0.1) is 0 Å². The summed E-state index contributed by atoms with van der Waals surface area (Å²) in [5, 5.41) is 5.51. The molecule has 0 fully saturated rings. The summed E-state index contributed by atoms with van der Waals surface area (Å²) < 4.78 is 2.21. The fourth-order valence-corrected chi connectivity index (χ4v) is 2.67. The van der Waals surface area contributed by atoms with Crippen LogP contribution in [-0.2, 0) is 4.79 Å². The highest BCUT2D eigenvalue weighted by molar-refractivity contribution is 9.10. The van der Waals surface area contributed by atoms with Crippen LogP contribution in [0.1, 0.15) is 12.5 Å². The first-order chi connectivity index (χ1) is 12.1. The number of aliphatic imine (C=N–C) groups is 1. The molecule has 2 aromatic carbocycles. The Morgan fingerprint density at radius 1 is 1.16 bits per heavy atom. The van der Waals surface area contributed by atoms with E-state index in [4.69, 9.17) is 0 Å². The number of hydrogen-bond acceptors (Lipinski definition) is 3. The lowest BCUT2D eigenvalue weighted by Crippen LogP contribution is -2.13. The van der Waals surface area contributed by atoms with Gasteiger partial charge < -0.3 is 5.32 Å². The van der Waals surface area contributed by atoms with Gasteiger partial charge in [0.25, 0.3) is 5.56 Å². The maximum atomic E-state index is 12.7. The summed E-state index contributed by atoms with van der Waals surface area (Å²) in [5.74, 6) is -0.0385. The molecule has 1 amide bonds. The molecule has 0 saturated heterocycles. The molecule has 25 heavy (non-hydrogen) atoms. The molecule has 0 saturated carbocycles. The van der Waals surface area contributed by atoms with Crippen LogP contribution in [0.25, 0.3) is 5.69 Å². The number of nitrogens with one attached hydrogen (secondary N) is 2. The lowest BCUT2D eigenvalue weighted by molar-refractivity contribution is -0.114. The van der Waals surface area contributed by atoms with Crippen LogP contribution >= 0.6 is 15.9 Å². The highest BCUT2D eigenvalue weighted by atomic mass is 79.9. The van der Waals surface area contributed by atoms with E-state index in [-0.39, 0.29) is 23.0 Å². The van der Waals surface area contributed by atoms with Gasteiger partial charge in [0.2, 0.25) is 5.91 Å². The van der Waals surface area contributed by atoms with Gasteiger partial charge in [-0.2, -0.15) is 0 Å². The third-order valence-electron chi connectivity index (χ3n) is 3.42. The van der Waals surface area contributed by atoms with Crippen LogP contribution in [0.3, 0.4) is 0 Å². The number of para-hydroxylation sites is 1. The number of carbonyl (C=O) groups is 1. The Hall–Kier alpha value is -2.93. The van der Waals surface area contributed by atoms with Crippen LogP contribution in [0.15, 0.2) is 68.9 Å². The molecule has 0 unspecified atom stereocenters. The summed E-state index contributed by atoms with van der Waals surface area (Å²) in [4.78, 5) is 28.5. The van der Waals surface area contributed by atoms with E-state index < -0.39 is 0 Å². The van der Waals surface area contributed by atoms with Crippen molar-refractivity contribution in [3.05, 3.63) is 75.0 Å². The number of benzene rings is 2. The number of aromatic nitrogens is 2. The van der Waals surface area contributed by atoms with Gasteiger partial charge in [0.1, 0.15) is 0 Å².